The average Bonchev–Trinajstić information content (AvgIpc) is 2.74. The van der Waals surface area contributed by atoms with Crippen LogP contribution in [0, 0.1) is 0 Å². The van der Waals surface area contributed by atoms with Crippen molar-refractivity contribution in [1.29, 1.82) is 0 Å². The van der Waals surface area contributed by atoms with E-state index in [1.54, 1.807) is 18.2 Å². The number of nitrogens with one attached hydrogen (secondary N) is 1. The number of rotatable bonds is 6. The summed E-state index contributed by atoms with van der Waals surface area (Å²) in [4.78, 5) is 28.2. The first-order valence-corrected chi connectivity index (χ1v) is 8.89. The number of thiocarbonyl (C=S) groups is 1. The van der Waals surface area contributed by atoms with E-state index in [9.17, 15) is 9.59 Å². The molecule has 1 heterocycles. The van der Waals surface area contributed by atoms with Gasteiger partial charge in [-0.05, 0) is 37.9 Å². The summed E-state index contributed by atoms with van der Waals surface area (Å²) >= 11 is 12.4. The maximum absolute atomic E-state index is 12.5. The summed E-state index contributed by atoms with van der Waals surface area (Å²) in [7, 11) is 3.85. The van der Waals surface area contributed by atoms with Gasteiger partial charge in [-0.3, -0.25) is 14.5 Å². The van der Waals surface area contributed by atoms with Gasteiger partial charge >= 0.3 is 0 Å². The lowest BCUT2D eigenvalue weighted by Crippen LogP contribution is -2.41. The van der Waals surface area contributed by atoms with Crippen molar-refractivity contribution in [3.05, 3.63) is 39.8 Å². The summed E-state index contributed by atoms with van der Waals surface area (Å²) in [6.07, 6.45) is 1.73. The minimum absolute atomic E-state index is 0.0645. The number of amides is 2. The van der Waals surface area contributed by atoms with Gasteiger partial charge in [0, 0.05) is 18.1 Å². The quantitative estimate of drug-likeness (QED) is 0.603. The van der Waals surface area contributed by atoms with Gasteiger partial charge in [0.25, 0.3) is 5.91 Å². The van der Waals surface area contributed by atoms with Gasteiger partial charge in [0.2, 0.25) is 5.91 Å². The molecule has 1 aliphatic rings. The Morgan fingerprint density at radius 2 is 2.21 bits per heavy atom. The van der Waals surface area contributed by atoms with Crippen LogP contribution < -0.4 is 5.32 Å². The van der Waals surface area contributed by atoms with E-state index in [4.69, 9.17) is 23.8 Å². The summed E-state index contributed by atoms with van der Waals surface area (Å²) in [5.74, 6) is -0.482. The first-order valence-electron chi connectivity index (χ1n) is 7.29. The topological polar surface area (TPSA) is 52.7 Å². The second kappa shape index (κ2) is 8.62. The van der Waals surface area contributed by atoms with Crippen molar-refractivity contribution in [3.8, 4) is 0 Å². The van der Waals surface area contributed by atoms with Crippen molar-refractivity contribution >= 4 is 57.8 Å². The van der Waals surface area contributed by atoms with Crippen LogP contribution in [0.4, 0.5) is 0 Å². The zero-order valence-corrected chi connectivity index (χ0v) is 15.8. The number of benzene rings is 1. The van der Waals surface area contributed by atoms with Crippen molar-refractivity contribution in [2.24, 2.45) is 0 Å². The highest BCUT2D eigenvalue weighted by atomic mass is 35.5. The molecule has 2 amide bonds. The third-order valence-corrected chi connectivity index (χ3v) is 4.82. The van der Waals surface area contributed by atoms with E-state index < -0.39 is 0 Å². The van der Waals surface area contributed by atoms with Gasteiger partial charge in [0.1, 0.15) is 10.9 Å². The van der Waals surface area contributed by atoms with E-state index >= 15 is 0 Å². The van der Waals surface area contributed by atoms with Crippen LogP contribution in [0.25, 0.3) is 6.08 Å². The lowest BCUT2D eigenvalue weighted by molar-refractivity contribution is -0.128. The van der Waals surface area contributed by atoms with Crippen LogP contribution in [0.3, 0.4) is 0 Å². The molecule has 0 radical (unpaired) electrons. The zero-order chi connectivity index (χ0) is 17.7. The standard InChI is InChI=1S/C16H18ClN3O2S2/c1-19(2)7-6-18-14(21)10-20-15(22)13(24-16(20)23)9-11-4-3-5-12(17)8-11/h3-5,8-9H,6-7,10H2,1-2H3,(H,18,21)/b13-9-. The Labute approximate surface area is 156 Å². The lowest BCUT2D eigenvalue weighted by atomic mass is 10.2. The number of nitrogens with zero attached hydrogens (tertiary/aromatic N) is 2. The molecule has 1 aromatic rings. The van der Waals surface area contributed by atoms with E-state index in [0.29, 0.717) is 20.8 Å². The number of likely N-dealkylation sites (N-methyl/N-ethyl adjacent to an activating group) is 1. The van der Waals surface area contributed by atoms with Crippen LogP contribution in [0.5, 0.6) is 0 Å². The Balaban J connectivity index is 2.00. The molecule has 24 heavy (non-hydrogen) atoms. The van der Waals surface area contributed by atoms with Crippen LogP contribution in [-0.4, -0.2) is 59.7 Å². The first kappa shape index (κ1) is 18.9. The summed E-state index contributed by atoms with van der Waals surface area (Å²) in [5, 5.41) is 3.37. The molecular formula is C16H18ClN3O2S2. The van der Waals surface area contributed by atoms with Crippen LogP contribution >= 0.6 is 35.6 Å². The smallest absolute Gasteiger partial charge is 0.266 e. The maximum atomic E-state index is 12.5. The van der Waals surface area contributed by atoms with Gasteiger partial charge in [-0.1, -0.05) is 47.7 Å². The van der Waals surface area contributed by atoms with E-state index in [-0.39, 0.29) is 18.4 Å². The largest absolute Gasteiger partial charge is 0.353 e. The van der Waals surface area contributed by atoms with Gasteiger partial charge in [-0.25, -0.2) is 0 Å². The number of carbonyl (C=O) groups is 2. The maximum Gasteiger partial charge on any atom is 0.266 e. The average molecular weight is 384 g/mol. The highest BCUT2D eigenvalue weighted by Crippen LogP contribution is 2.32. The molecule has 1 saturated heterocycles. The molecule has 8 heteroatoms. The molecule has 1 aliphatic heterocycles. The molecule has 0 saturated carbocycles. The number of carbonyl (C=O) groups excluding carboxylic acids is 2. The van der Waals surface area contributed by atoms with E-state index in [2.05, 4.69) is 5.32 Å². The van der Waals surface area contributed by atoms with Gasteiger partial charge in [0.05, 0.1) is 4.91 Å². The molecule has 0 atom stereocenters. The Bertz CT molecular complexity index is 692. The Kier molecular flexibility index (Phi) is 6.79. The molecule has 0 aliphatic carbocycles. The molecule has 0 unspecified atom stereocenters. The number of halogens is 1. The molecule has 1 N–H and O–H groups in total. The molecule has 0 aromatic heterocycles. The molecule has 0 bridgehead atoms. The molecule has 0 spiro atoms. The molecule has 128 valence electrons. The van der Waals surface area contributed by atoms with Crippen molar-refractivity contribution in [1.82, 2.24) is 15.1 Å². The Morgan fingerprint density at radius 1 is 1.46 bits per heavy atom. The van der Waals surface area contributed by atoms with Gasteiger partial charge in [-0.15, -0.1) is 0 Å². The summed E-state index contributed by atoms with van der Waals surface area (Å²) in [6.45, 7) is 1.20. The molecule has 2 rings (SSSR count). The highest BCUT2D eigenvalue weighted by Gasteiger charge is 2.33. The molecular weight excluding hydrogens is 366 g/mol. The summed E-state index contributed by atoms with van der Waals surface area (Å²) in [6, 6.07) is 7.20. The zero-order valence-electron chi connectivity index (χ0n) is 13.4. The van der Waals surface area contributed by atoms with Gasteiger partial charge in [0.15, 0.2) is 0 Å². The first-order chi connectivity index (χ1) is 11.4. The van der Waals surface area contributed by atoms with Crippen LogP contribution in [0.1, 0.15) is 5.56 Å². The monoisotopic (exact) mass is 383 g/mol. The van der Waals surface area contributed by atoms with Gasteiger partial charge in [-0.2, -0.15) is 0 Å². The summed E-state index contributed by atoms with van der Waals surface area (Å²) in [5.41, 5.74) is 0.818. The van der Waals surface area contributed by atoms with E-state index in [0.717, 1.165) is 12.1 Å². The summed E-state index contributed by atoms with van der Waals surface area (Å²) < 4.78 is 0.385. The number of hydrogen-bond acceptors (Lipinski definition) is 5. The predicted molar refractivity (Wildman–Crippen MR) is 103 cm³/mol. The number of hydrogen-bond donors (Lipinski definition) is 1. The number of thioether (sulfide) groups is 1. The Hall–Kier alpha value is -1.41. The SMILES string of the molecule is CN(C)CCNC(=O)CN1C(=O)/C(=C/c2cccc(Cl)c2)SC1=S. The van der Waals surface area contributed by atoms with Crippen molar-refractivity contribution < 1.29 is 9.59 Å². The van der Waals surface area contributed by atoms with Gasteiger partial charge < -0.3 is 10.2 Å². The fourth-order valence-electron chi connectivity index (χ4n) is 2.00. The van der Waals surface area contributed by atoms with E-state index in [1.165, 1.54) is 16.7 Å². The molecule has 1 fully saturated rings. The van der Waals surface area contributed by atoms with Crippen LogP contribution in [0.15, 0.2) is 29.2 Å². The minimum Gasteiger partial charge on any atom is -0.353 e. The lowest BCUT2D eigenvalue weighted by Gasteiger charge is -2.15. The van der Waals surface area contributed by atoms with E-state index in [1.807, 2.05) is 31.1 Å². The van der Waals surface area contributed by atoms with Crippen molar-refractivity contribution in [2.45, 2.75) is 0 Å². The third-order valence-electron chi connectivity index (χ3n) is 3.20. The predicted octanol–water partition coefficient (Wildman–Crippen LogP) is 2.22. The third kappa shape index (κ3) is 5.31. The second-order valence-corrected chi connectivity index (χ2v) is 7.59. The fourth-order valence-corrected chi connectivity index (χ4v) is 3.46. The second-order valence-electron chi connectivity index (χ2n) is 5.48. The van der Waals surface area contributed by atoms with Crippen LogP contribution in [-0.2, 0) is 9.59 Å². The fraction of sp³-hybridized carbons (Fsp3) is 0.312. The molecule has 1 aromatic carbocycles. The normalized spacial score (nSPS) is 16.3. The van der Waals surface area contributed by atoms with Crippen molar-refractivity contribution in [3.63, 3.8) is 0 Å². The highest BCUT2D eigenvalue weighted by molar-refractivity contribution is 8.26. The Morgan fingerprint density at radius 3 is 2.88 bits per heavy atom. The molecule has 5 nitrogen and oxygen atoms in total. The minimum atomic E-state index is -0.257. The van der Waals surface area contributed by atoms with Crippen molar-refractivity contribution in [2.75, 3.05) is 33.7 Å². The van der Waals surface area contributed by atoms with Crippen LogP contribution in [0.2, 0.25) is 5.02 Å².